The lowest BCUT2D eigenvalue weighted by Crippen LogP contribution is -2.10. The first-order chi connectivity index (χ1) is 9.00. The van der Waals surface area contributed by atoms with Crippen molar-refractivity contribution in [3.05, 3.63) is 23.0 Å². The Labute approximate surface area is 113 Å². The molecule has 0 radical (unpaired) electrons. The second kappa shape index (κ2) is 5.50. The van der Waals surface area contributed by atoms with Crippen molar-refractivity contribution in [2.45, 2.75) is 59.4 Å². The minimum Gasteiger partial charge on any atom is -0.315 e. The SMILES string of the molecule is Cc1[nH]nnc1C(C)CCn1c(C)nnc1C(C)C. The number of nitrogens with one attached hydrogen (secondary N) is 1. The van der Waals surface area contributed by atoms with Gasteiger partial charge in [0.05, 0.1) is 11.4 Å². The molecule has 0 aliphatic heterocycles. The molecule has 0 bridgehead atoms. The third-order valence-corrected chi connectivity index (χ3v) is 3.49. The van der Waals surface area contributed by atoms with Crippen LogP contribution in [-0.4, -0.2) is 30.2 Å². The van der Waals surface area contributed by atoms with Crippen LogP contribution in [0.15, 0.2) is 0 Å². The number of hydrogen-bond donors (Lipinski definition) is 1. The highest BCUT2D eigenvalue weighted by atomic mass is 15.3. The normalized spacial score (nSPS) is 13.2. The molecule has 6 nitrogen and oxygen atoms in total. The zero-order valence-corrected chi connectivity index (χ0v) is 12.3. The van der Waals surface area contributed by atoms with Crippen LogP contribution in [0.4, 0.5) is 0 Å². The van der Waals surface area contributed by atoms with Crippen LogP contribution in [0.5, 0.6) is 0 Å². The molecule has 2 aromatic rings. The molecular formula is C13H22N6. The van der Waals surface area contributed by atoms with E-state index in [1.165, 1.54) is 0 Å². The first-order valence-electron chi connectivity index (χ1n) is 6.78. The summed E-state index contributed by atoms with van der Waals surface area (Å²) in [5, 5.41) is 19.3. The van der Waals surface area contributed by atoms with Crippen molar-refractivity contribution in [2.24, 2.45) is 0 Å². The van der Waals surface area contributed by atoms with E-state index in [4.69, 9.17) is 0 Å². The molecule has 0 aliphatic carbocycles. The van der Waals surface area contributed by atoms with E-state index in [1.807, 2.05) is 13.8 Å². The summed E-state index contributed by atoms with van der Waals surface area (Å²) in [7, 11) is 0. The van der Waals surface area contributed by atoms with Crippen LogP contribution in [0.3, 0.4) is 0 Å². The van der Waals surface area contributed by atoms with Gasteiger partial charge in [0.25, 0.3) is 0 Å². The highest BCUT2D eigenvalue weighted by Gasteiger charge is 2.16. The van der Waals surface area contributed by atoms with Crippen LogP contribution < -0.4 is 0 Å². The van der Waals surface area contributed by atoms with Gasteiger partial charge in [-0.05, 0) is 20.3 Å². The summed E-state index contributed by atoms with van der Waals surface area (Å²) < 4.78 is 2.20. The Morgan fingerprint density at radius 1 is 1.11 bits per heavy atom. The number of hydrogen-bond acceptors (Lipinski definition) is 4. The molecule has 6 heteroatoms. The van der Waals surface area contributed by atoms with Gasteiger partial charge in [-0.1, -0.05) is 26.0 Å². The van der Waals surface area contributed by atoms with E-state index in [0.717, 1.165) is 36.0 Å². The fourth-order valence-electron chi connectivity index (χ4n) is 2.31. The number of nitrogens with zero attached hydrogens (tertiary/aromatic N) is 5. The average molecular weight is 262 g/mol. The summed E-state index contributed by atoms with van der Waals surface area (Å²) >= 11 is 0. The number of aromatic amines is 1. The fourth-order valence-corrected chi connectivity index (χ4v) is 2.31. The van der Waals surface area contributed by atoms with Crippen LogP contribution in [0, 0.1) is 13.8 Å². The lowest BCUT2D eigenvalue weighted by molar-refractivity contribution is 0.530. The summed E-state index contributed by atoms with van der Waals surface area (Å²) in [5.74, 6) is 2.81. The quantitative estimate of drug-likeness (QED) is 0.897. The van der Waals surface area contributed by atoms with Crippen molar-refractivity contribution in [2.75, 3.05) is 0 Å². The third kappa shape index (κ3) is 2.83. The molecule has 1 N–H and O–H groups in total. The van der Waals surface area contributed by atoms with Crippen molar-refractivity contribution in [1.29, 1.82) is 0 Å². The second-order valence-electron chi connectivity index (χ2n) is 5.42. The molecule has 104 valence electrons. The van der Waals surface area contributed by atoms with Gasteiger partial charge in [0.1, 0.15) is 11.6 Å². The molecule has 2 rings (SSSR count). The first kappa shape index (κ1) is 13.7. The molecule has 0 aromatic carbocycles. The van der Waals surface area contributed by atoms with Crippen molar-refractivity contribution < 1.29 is 0 Å². The molecule has 0 fully saturated rings. The Balaban J connectivity index is 2.07. The Morgan fingerprint density at radius 2 is 1.84 bits per heavy atom. The van der Waals surface area contributed by atoms with E-state index in [0.29, 0.717) is 11.8 Å². The molecular weight excluding hydrogens is 240 g/mol. The molecule has 0 saturated heterocycles. The van der Waals surface area contributed by atoms with Gasteiger partial charge in [-0.25, -0.2) is 0 Å². The van der Waals surface area contributed by atoms with Crippen LogP contribution in [-0.2, 0) is 6.54 Å². The Hall–Kier alpha value is -1.72. The molecule has 2 aromatic heterocycles. The lowest BCUT2D eigenvalue weighted by Gasteiger charge is -2.13. The standard InChI is InChI=1S/C13H22N6/c1-8(2)13-17-15-11(5)19(13)7-6-9(3)12-10(4)14-18-16-12/h8-9H,6-7H2,1-5H3,(H,14,16,18). The monoisotopic (exact) mass is 262 g/mol. The lowest BCUT2D eigenvalue weighted by atomic mass is 10.0. The van der Waals surface area contributed by atoms with Gasteiger partial charge < -0.3 is 4.57 Å². The van der Waals surface area contributed by atoms with Crippen LogP contribution in [0.1, 0.15) is 62.1 Å². The minimum absolute atomic E-state index is 0.376. The van der Waals surface area contributed by atoms with Crippen molar-refractivity contribution in [3.63, 3.8) is 0 Å². The zero-order chi connectivity index (χ0) is 14.0. The van der Waals surface area contributed by atoms with Gasteiger partial charge in [0.2, 0.25) is 0 Å². The predicted octanol–water partition coefficient (Wildman–Crippen LogP) is 2.33. The van der Waals surface area contributed by atoms with Gasteiger partial charge in [0, 0.05) is 18.4 Å². The maximum atomic E-state index is 4.25. The average Bonchev–Trinajstić information content (AvgIpc) is 2.92. The van der Waals surface area contributed by atoms with E-state index in [2.05, 4.69) is 50.9 Å². The molecule has 2 heterocycles. The molecule has 19 heavy (non-hydrogen) atoms. The Kier molecular flexibility index (Phi) is 3.97. The highest BCUT2D eigenvalue weighted by Crippen LogP contribution is 2.21. The van der Waals surface area contributed by atoms with Gasteiger partial charge in [-0.3, -0.25) is 5.10 Å². The molecule has 0 saturated carbocycles. The van der Waals surface area contributed by atoms with Crippen LogP contribution in [0.25, 0.3) is 0 Å². The van der Waals surface area contributed by atoms with E-state index in [-0.39, 0.29) is 0 Å². The molecule has 0 spiro atoms. The Morgan fingerprint density at radius 3 is 2.42 bits per heavy atom. The largest absolute Gasteiger partial charge is 0.315 e. The summed E-state index contributed by atoms with van der Waals surface area (Å²) in [6.45, 7) is 11.4. The summed E-state index contributed by atoms with van der Waals surface area (Å²) in [6.07, 6.45) is 1.01. The number of aryl methyl sites for hydroxylation is 2. The molecule has 1 atom stereocenters. The maximum absolute atomic E-state index is 4.25. The van der Waals surface area contributed by atoms with Gasteiger partial charge in [-0.15, -0.1) is 15.3 Å². The predicted molar refractivity (Wildman–Crippen MR) is 73.0 cm³/mol. The first-order valence-corrected chi connectivity index (χ1v) is 6.78. The summed E-state index contributed by atoms with van der Waals surface area (Å²) in [4.78, 5) is 0. The molecule has 0 aliphatic rings. The van der Waals surface area contributed by atoms with E-state index in [1.54, 1.807) is 0 Å². The summed E-state index contributed by atoms with van der Waals surface area (Å²) in [5.41, 5.74) is 2.11. The Bertz CT molecular complexity index is 539. The maximum Gasteiger partial charge on any atom is 0.135 e. The third-order valence-electron chi connectivity index (χ3n) is 3.49. The van der Waals surface area contributed by atoms with E-state index < -0.39 is 0 Å². The minimum atomic E-state index is 0.376. The second-order valence-corrected chi connectivity index (χ2v) is 5.42. The topological polar surface area (TPSA) is 72.3 Å². The number of rotatable bonds is 5. The van der Waals surface area contributed by atoms with Crippen LogP contribution in [0.2, 0.25) is 0 Å². The van der Waals surface area contributed by atoms with E-state index in [9.17, 15) is 0 Å². The highest BCUT2D eigenvalue weighted by molar-refractivity contribution is 5.11. The zero-order valence-electron chi connectivity index (χ0n) is 12.3. The number of aromatic nitrogens is 6. The van der Waals surface area contributed by atoms with Crippen molar-refractivity contribution in [3.8, 4) is 0 Å². The van der Waals surface area contributed by atoms with Crippen LogP contribution >= 0.6 is 0 Å². The molecule has 1 unspecified atom stereocenters. The fraction of sp³-hybridized carbons (Fsp3) is 0.692. The van der Waals surface area contributed by atoms with Gasteiger partial charge in [0.15, 0.2) is 0 Å². The van der Waals surface area contributed by atoms with Crippen molar-refractivity contribution in [1.82, 2.24) is 30.2 Å². The van der Waals surface area contributed by atoms with E-state index >= 15 is 0 Å². The number of H-pyrrole nitrogens is 1. The summed E-state index contributed by atoms with van der Waals surface area (Å²) in [6, 6.07) is 0. The van der Waals surface area contributed by atoms with Crippen molar-refractivity contribution >= 4 is 0 Å². The smallest absolute Gasteiger partial charge is 0.135 e. The molecule has 0 amide bonds. The van der Waals surface area contributed by atoms with Gasteiger partial charge >= 0.3 is 0 Å². The van der Waals surface area contributed by atoms with Gasteiger partial charge in [-0.2, -0.15) is 0 Å².